The summed E-state index contributed by atoms with van der Waals surface area (Å²) in [5, 5.41) is 0. The molecule has 1 saturated heterocycles. The topological polar surface area (TPSA) is 72.6 Å². The molecule has 0 bridgehead atoms. The standard InChI is InChI=1S/C7H12N2O3/c1-12-6(10)5-3-2-4-9(5)7(8)11/h5H,2-4H2,1H3,(H2,8,11)/t5-/m1/s1. The second kappa shape index (κ2) is 3.42. The van der Waals surface area contributed by atoms with Crippen molar-refractivity contribution in [2.24, 2.45) is 5.73 Å². The van der Waals surface area contributed by atoms with E-state index < -0.39 is 12.1 Å². The third-order valence-corrected chi connectivity index (χ3v) is 2.01. The lowest BCUT2D eigenvalue weighted by Gasteiger charge is -2.19. The fraction of sp³-hybridized carbons (Fsp3) is 0.714. The van der Waals surface area contributed by atoms with Crippen molar-refractivity contribution in [1.82, 2.24) is 4.90 Å². The number of carbonyl (C=O) groups is 2. The van der Waals surface area contributed by atoms with Crippen LogP contribution in [0.2, 0.25) is 0 Å². The van der Waals surface area contributed by atoms with E-state index in [1.165, 1.54) is 12.0 Å². The van der Waals surface area contributed by atoms with E-state index in [-0.39, 0.29) is 5.97 Å². The fourth-order valence-corrected chi connectivity index (χ4v) is 1.41. The minimum absolute atomic E-state index is 0.383. The normalized spacial score (nSPS) is 22.4. The molecule has 1 heterocycles. The Labute approximate surface area is 70.5 Å². The number of likely N-dealkylation sites (tertiary alicyclic amines) is 1. The van der Waals surface area contributed by atoms with Crippen LogP contribution in [0.25, 0.3) is 0 Å². The predicted octanol–water partition coefficient (Wildman–Crippen LogP) is -0.298. The van der Waals surface area contributed by atoms with Crippen molar-refractivity contribution in [2.75, 3.05) is 13.7 Å². The van der Waals surface area contributed by atoms with Gasteiger partial charge in [-0.25, -0.2) is 9.59 Å². The number of primary amides is 1. The van der Waals surface area contributed by atoms with E-state index in [2.05, 4.69) is 4.74 Å². The lowest BCUT2D eigenvalue weighted by atomic mass is 10.2. The average Bonchev–Trinajstić information content (AvgIpc) is 2.50. The van der Waals surface area contributed by atoms with Crippen LogP contribution < -0.4 is 5.73 Å². The number of carbonyl (C=O) groups excluding carboxylic acids is 2. The summed E-state index contributed by atoms with van der Waals surface area (Å²) in [6, 6.07) is -1.02. The molecule has 0 aromatic carbocycles. The predicted molar refractivity (Wildman–Crippen MR) is 41.3 cm³/mol. The minimum Gasteiger partial charge on any atom is -0.467 e. The smallest absolute Gasteiger partial charge is 0.328 e. The maximum atomic E-state index is 11.1. The van der Waals surface area contributed by atoms with Crippen molar-refractivity contribution in [3.05, 3.63) is 0 Å². The van der Waals surface area contributed by atoms with Gasteiger partial charge in [-0.2, -0.15) is 0 Å². The van der Waals surface area contributed by atoms with Gasteiger partial charge in [0.15, 0.2) is 0 Å². The number of rotatable bonds is 1. The average molecular weight is 172 g/mol. The Morgan fingerprint density at radius 2 is 2.25 bits per heavy atom. The van der Waals surface area contributed by atoms with Crippen LogP contribution in [0.1, 0.15) is 12.8 Å². The van der Waals surface area contributed by atoms with Gasteiger partial charge < -0.3 is 15.4 Å². The van der Waals surface area contributed by atoms with E-state index in [1.54, 1.807) is 0 Å². The zero-order valence-corrected chi connectivity index (χ0v) is 6.95. The molecule has 0 unspecified atom stereocenters. The Balaban J connectivity index is 2.63. The molecule has 5 heteroatoms. The highest BCUT2D eigenvalue weighted by atomic mass is 16.5. The van der Waals surface area contributed by atoms with Crippen LogP contribution in [-0.2, 0) is 9.53 Å². The molecule has 2 N–H and O–H groups in total. The van der Waals surface area contributed by atoms with E-state index in [9.17, 15) is 9.59 Å². The van der Waals surface area contributed by atoms with Gasteiger partial charge in [0.05, 0.1) is 7.11 Å². The molecule has 0 aliphatic carbocycles. The molecular formula is C7H12N2O3. The van der Waals surface area contributed by atoms with Crippen molar-refractivity contribution in [3.8, 4) is 0 Å². The quantitative estimate of drug-likeness (QED) is 0.552. The highest BCUT2D eigenvalue weighted by molar-refractivity contribution is 5.83. The summed E-state index contributed by atoms with van der Waals surface area (Å²) in [6.07, 6.45) is 1.46. The molecule has 1 atom stereocenters. The van der Waals surface area contributed by atoms with Crippen LogP contribution in [0.15, 0.2) is 0 Å². The Bertz CT molecular complexity index is 205. The van der Waals surface area contributed by atoms with Gasteiger partial charge in [-0.15, -0.1) is 0 Å². The Morgan fingerprint density at radius 1 is 1.58 bits per heavy atom. The first-order valence-corrected chi connectivity index (χ1v) is 3.80. The number of hydrogen-bond acceptors (Lipinski definition) is 3. The number of nitrogens with zero attached hydrogens (tertiary/aromatic N) is 1. The van der Waals surface area contributed by atoms with Crippen LogP contribution in [0.3, 0.4) is 0 Å². The molecule has 1 fully saturated rings. The van der Waals surface area contributed by atoms with E-state index in [1.807, 2.05) is 0 Å². The highest BCUT2D eigenvalue weighted by Gasteiger charge is 2.33. The van der Waals surface area contributed by atoms with E-state index in [4.69, 9.17) is 5.73 Å². The minimum atomic E-state index is -0.553. The first kappa shape index (κ1) is 8.83. The molecule has 0 aromatic heterocycles. The summed E-state index contributed by atoms with van der Waals surface area (Å²) < 4.78 is 4.53. The number of ether oxygens (including phenoxy) is 1. The molecule has 1 aliphatic heterocycles. The number of methoxy groups -OCH3 is 1. The number of hydrogen-bond donors (Lipinski definition) is 1. The third-order valence-electron chi connectivity index (χ3n) is 2.01. The number of nitrogens with two attached hydrogens (primary N) is 1. The van der Waals surface area contributed by atoms with Crippen LogP contribution in [0.5, 0.6) is 0 Å². The maximum Gasteiger partial charge on any atom is 0.328 e. The zero-order chi connectivity index (χ0) is 9.14. The van der Waals surface area contributed by atoms with Crippen molar-refractivity contribution in [2.45, 2.75) is 18.9 Å². The first-order valence-electron chi connectivity index (χ1n) is 3.80. The molecule has 5 nitrogen and oxygen atoms in total. The fourth-order valence-electron chi connectivity index (χ4n) is 1.41. The van der Waals surface area contributed by atoms with Crippen molar-refractivity contribution in [3.63, 3.8) is 0 Å². The molecule has 12 heavy (non-hydrogen) atoms. The summed E-state index contributed by atoms with van der Waals surface area (Å²) >= 11 is 0. The molecule has 68 valence electrons. The van der Waals surface area contributed by atoms with Gasteiger partial charge in [0, 0.05) is 6.54 Å². The van der Waals surface area contributed by atoms with Gasteiger partial charge in [0.25, 0.3) is 0 Å². The van der Waals surface area contributed by atoms with E-state index in [0.717, 1.165) is 6.42 Å². The van der Waals surface area contributed by atoms with Gasteiger partial charge in [0.2, 0.25) is 0 Å². The summed E-state index contributed by atoms with van der Waals surface area (Å²) in [5.41, 5.74) is 5.06. The molecule has 1 rings (SSSR count). The molecule has 0 radical (unpaired) electrons. The van der Waals surface area contributed by atoms with Gasteiger partial charge in [-0.1, -0.05) is 0 Å². The first-order chi connectivity index (χ1) is 5.66. The maximum absolute atomic E-state index is 11.1. The summed E-state index contributed by atoms with van der Waals surface area (Å²) in [6.45, 7) is 0.551. The van der Waals surface area contributed by atoms with Crippen LogP contribution in [-0.4, -0.2) is 36.6 Å². The number of esters is 1. The Hall–Kier alpha value is -1.26. The lowest BCUT2D eigenvalue weighted by molar-refractivity contribution is -0.144. The monoisotopic (exact) mass is 172 g/mol. The van der Waals surface area contributed by atoms with Gasteiger partial charge in [-0.05, 0) is 12.8 Å². The molecule has 2 amide bonds. The summed E-state index contributed by atoms with van der Waals surface area (Å²) in [7, 11) is 1.31. The molecule has 0 spiro atoms. The van der Waals surface area contributed by atoms with Gasteiger partial charge in [0.1, 0.15) is 6.04 Å². The van der Waals surface area contributed by atoms with E-state index >= 15 is 0 Å². The SMILES string of the molecule is COC(=O)[C@H]1CCCN1C(N)=O. The summed E-state index contributed by atoms with van der Waals surface area (Å²) in [5.74, 6) is -0.383. The zero-order valence-electron chi connectivity index (χ0n) is 6.95. The molecule has 0 aromatic rings. The van der Waals surface area contributed by atoms with Crippen LogP contribution >= 0.6 is 0 Å². The molecule has 1 aliphatic rings. The largest absolute Gasteiger partial charge is 0.467 e. The second-order valence-corrected chi connectivity index (χ2v) is 2.71. The third kappa shape index (κ3) is 1.49. The Kier molecular flexibility index (Phi) is 2.52. The van der Waals surface area contributed by atoms with Crippen molar-refractivity contribution >= 4 is 12.0 Å². The van der Waals surface area contributed by atoms with Crippen molar-refractivity contribution < 1.29 is 14.3 Å². The van der Waals surface area contributed by atoms with Crippen LogP contribution in [0.4, 0.5) is 4.79 Å². The van der Waals surface area contributed by atoms with Crippen molar-refractivity contribution in [1.29, 1.82) is 0 Å². The van der Waals surface area contributed by atoms with Crippen LogP contribution in [0, 0.1) is 0 Å². The van der Waals surface area contributed by atoms with E-state index in [0.29, 0.717) is 13.0 Å². The molecular weight excluding hydrogens is 160 g/mol. The van der Waals surface area contributed by atoms with Gasteiger partial charge >= 0.3 is 12.0 Å². The number of urea groups is 1. The van der Waals surface area contributed by atoms with Gasteiger partial charge in [-0.3, -0.25) is 0 Å². The highest BCUT2D eigenvalue weighted by Crippen LogP contribution is 2.17. The Morgan fingerprint density at radius 3 is 2.75 bits per heavy atom. The number of amides is 2. The lowest BCUT2D eigenvalue weighted by Crippen LogP contribution is -2.43. The molecule has 0 saturated carbocycles. The summed E-state index contributed by atoms with van der Waals surface area (Å²) in [4.78, 5) is 23.2. The second-order valence-electron chi connectivity index (χ2n) is 2.71.